The smallest absolute Gasteiger partial charge is 0.243 e. The molecular weight excluding hydrogens is 300 g/mol. The number of fused-ring (bicyclic) bond motifs is 3. The zero-order chi connectivity index (χ0) is 15.3. The van der Waals surface area contributed by atoms with E-state index in [9.17, 15) is 0 Å². The van der Waals surface area contributed by atoms with Crippen LogP contribution in [0.3, 0.4) is 0 Å². The zero-order valence-electron chi connectivity index (χ0n) is 12.6. The molecule has 4 rings (SSSR count). The zero-order valence-corrected chi connectivity index (χ0v) is 13.3. The maximum atomic E-state index is 6.15. The van der Waals surface area contributed by atoms with Crippen LogP contribution in [0.1, 0.15) is 35.9 Å². The summed E-state index contributed by atoms with van der Waals surface area (Å²) in [6.07, 6.45) is 0.985. The third kappa shape index (κ3) is 2.21. The van der Waals surface area contributed by atoms with Crippen LogP contribution in [0.5, 0.6) is 0 Å². The molecule has 1 aromatic carbocycles. The lowest BCUT2D eigenvalue weighted by Gasteiger charge is -2.30. The number of aromatic amines is 1. The molecule has 1 atom stereocenters. The Hall–Kier alpha value is -1.85. The number of nitrogens with one attached hydrogen (secondary N) is 1. The number of nitrogens with zero attached hydrogens (tertiary/aromatic N) is 3. The molecule has 0 spiro atoms. The van der Waals surface area contributed by atoms with Gasteiger partial charge in [-0.2, -0.15) is 4.98 Å². The number of aryl methyl sites for hydroxylation is 1. The molecule has 3 aromatic rings. The van der Waals surface area contributed by atoms with Gasteiger partial charge in [-0.3, -0.25) is 4.90 Å². The Morgan fingerprint density at radius 2 is 2.27 bits per heavy atom. The van der Waals surface area contributed by atoms with Crippen LogP contribution in [-0.2, 0) is 13.0 Å². The van der Waals surface area contributed by atoms with Gasteiger partial charge >= 0.3 is 0 Å². The van der Waals surface area contributed by atoms with Crippen molar-refractivity contribution in [2.45, 2.75) is 32.9 Å². The molecule has 114 valence electrons. The maximum absolute atomic E-state index is 6.15. The van der Waals surface area contributed by atoms with Crippen LogP contribution in [0.4, 0.5) is 0 Å². The van der Waals surface area contributed by atoms with Gasteiger partial charge in [0.15, 0.2) is 5.82 Å². The van der Waals surface area contributed by atoms with Crippen molar-refractivity contribution in [1.29, 1.82) is 0 Å². The van der Waals surface area contributed by atoms with Crippen LogP contribution < -0.4 is 0 Å². The second-order valence-electron chi connectivity index (χ2n) is 5.85. The van der Waals surface area contributed by atoms with E-state index in [-0.39, 0.29) is 6.04 Å². The van der Waals surface area contributed by atoms with Crippen LogP contribution in [0.2, 0.25) is 5.02 Å². The van der Waals surface area contributed by atoms with Gasteiger partial charge < -0.3 is 9.51 Å². The molecule has 0 saturated carbocycles. The predicted molar refractivity (Wildman–Crippen MR) is 84.9 cm³/mol. The van der Waals surface area contributed by atoms with Crippen molar-refractivity contribution in [1.82, 2.24) is 20.0 Å². The molecule has 2 aromatic heterocycles. The molecule has 3 heterocycles. The van der Waals surface area contributed by atoms with Gasteiger partial charge in [-0.25, -0.2) is 0 Å². The highest BCUT2D eigenvalue weighted by molar-refractivity contribution is 6.31. The number of hydrogen-bond acceptors (Lipinski definition) is 4. The Bertz CT molecular complexity index is 838. The monoisotopic (exact) mass is 316 g/mol. The van der Waals surface area contributed by atoms with Gasteiger partial charge in [-0.15, -0.1) is 0 Å². The summed E-state index contributed by atoms with van der Waals surface area (Å²) in [7, 11) is 0. The summed E-state index contributed by atoms with van der Waals surface area (Å²) in [4.78, 5) is 10.2. The van der Waals surface area contributed by atoms with E-state index in [1.54, 1.807) is 0 Å². The lowest BCUT2D eigenvalue weighted by atomic mass is 10.0. The third-order valence-corrected chi connectivity index (χ3v) is 4.65. The SMILES string of the molecule is Cc1noc([C@H](C)N2CCc3[nH]c4ccc(Cl)cc4c3C2)n1. The molecule has 0 aliphatic carbocycles. The summed E-state index contributed by atoms with van der Waals surface area (Å²) in [5.74, 6) is 1.36. The first-order valence-corrected chi connectivity index (χ1v) is 7.83. The predicted octanol–water partition coefficient (Wildman–Crippen LogP) is 3.63. The molecule has 0 radical (unpaired) electrons. The van der Waals surface area contributed by atoms with E-state index >= 15 is 0 Å². The number of rotatable bonds is 2. The van der Waals surface area contributed by atoms with Crippen molar-refractivity contribution in [2.75, 3.05) is 6.54 Å². The summed E-state index contributed by atoms with van der Waals surface area (Å²) in [5, 5.41) is 5.87. The van der Waals surface area contributed by atoms with E-state index in [4.69, 9.17) is 16.1 Å². The lowest BCUT2D eigenvalue weighted by molar-refractivity contribution is 0.158. The molecule has 0 fully saturated rings. The van der Waals surface area contributed by atoms with Crippen LogP contribution >= 0.6 is 11.6 Å². The van der Waals surface area contributed by atoms with Crippen molar-refractivity contribution < 1.29 is 4.52 Å². The van der Waals surface area contributed by atoms with E-state index in [2.05, 4.69) is 26.9 Å². The second kappa shape index (κ2) is 5.11. The van der Waals surface area contributed by atoms with Crippen LogP contribution in [0.25, 0.3) is 10.9 Å². The maximum Gasteiger partial charge on any atom is 0.243 e. The third-order valence-electron chi connectivity index (χ3n) is 4.42. The molecule has 22 heavy (non-hydrogen) atoms. The molecule has 1 N–H and O–H groups in total. The van der Waals surface area contributed by atoms with Crippen LogP contribution in [0, 0.1) is 6.92 Å². The van der Waals surface area contributed by atoms with Crippen molar-refractivity contribution in [3.63, 3.8) is 0 Å². The highest BCUT2D eigenvalue weighted by atomic mass is 35.5. The van der Waals surface area contributed by atoms with Gasteiger partial charge in [-0.1, -0.05) is 16.8 Å². The lowest BCUT2D eigenvalue weighted by Crippen LogP contribution is -2.32. The molecule has 0 unspecified atom stereocenters. The summed E-state index contributed by atoms with van der Waals surface area (Å²) in [6.45, 7) is 5.78. The minimum atomic E-state index is 0.110. The number of H-pyrrole nitrogens is 1. The minimum Gasteiger partial charge on any atom is -0.358 e. The van der Waals surface area contributed by atoms with Gasteiger partial charge in [0, 0.05) is 41.1 Å². The first-order valence-electron chi connectivity index (χ1n) is 7.45. The average Bonchev–Trinajstić information content (AvgIpc) is 3.09. The van der Waals surface area contributed by atoms with Crippen molar-refractivity contribution in [2.24, 2.45) is 0 Å². The molecule has 0 saturated heterocycles. The van der Waals surface area contributed by atoms with Crippen LogP contribution in [0.15, 0.2) is 22.7 Å². The number of benzene rings is 1. The summed E-state index contributed by atoms with van der Waals surface area (Å²) >= 11 is 6.15. The van der Waals surface area contributed by atoms with Gasteiger partial charge in [-0.05, 0) is 37.6 Å². The molecule has 0 bridgehead atoms. The Morgan fingerprint density at radius 3 is 3.05 bits per heavy atom. The van der Waals surface area contributed by atoms with E-state index in [1.807, 2.05) is 25.1 Å². The Balaban J connectivity index is 1.68. The van der Waals surface area contributed by atoms with Crippen molar-refractivity contribution in [3.05, 3.63) is 46.2 Å². The normalized spacial score (nSPS) is 16.9. The van der Waals surface area contributed by atoms with Gasteiger partial charge in [0.05, 0.1) is 6.04 Å². The minimum absolute atomic E-state index is 0.110. The Morgan fingerprint density at radius 1 is 1.41 bits per heavy atom. The Labute approximate surface area is 133 Å². The summed E-state index contributed by atoms with van der Waals surface area (Å²) in [5.41, 5.74) is 3.78. The van der Waals surface area contributed by atoms with Crippen molar-refractivity contribution in [3.8, 4) is 0 Å². The van der Waals surface area contributed by atoms with Gasteiger partial charge in [0.1, 0.15) is 0 Å². The molecular formula is C16H17ClN4O. The van der Waals surface area contributed by atoms with Gasteiger partial charge in [0.2, 0.25) is 5.89 Å². The highest BCUT2D eigenvalue weighted by Crippen LogP contribution is 2.32. The number of halogens is 1. The molecule has 1 aliphatic rings. The number of aromatic nitrogens is 3. The van der Waals surface area contributed by atoms with E-state index in [0.29, 0.717) is 11.7 Å². The van der Waals surface area contributed by atoms with E-state index in [0.717, 1.165) is 30.0 Å². The Kier molecular flexibility index (Phi) is 3.20. The molecule has 5 nitrogen and oxygen atoms in total. The van der Waals surface area contributed by atoms with Crippen LogP contribution in [-0.4, -0.2) is 26.6 Å². The second-order valence-corrected chi connectivity index (χ2v) is 6.28. The molecule has 6 heteroatoms. The summed E-state index contributed by atoms with van der Waals surface area (Å²) < 4.78 is 5.32. The molecule has 0 amide bonds. The fraction of sp³-hybridized carbons (Fsp3) is 0.375. The number of hydrogen-bond donors (Lipinski definition) is 1. The quantitative estimate of drug-likeness (QED) is 0.784. The fourth-order valence-corrected chi connectivity index (χ4v) is 3.35. The molecule has 1 aliphatic heterocycles. The van der Waals surface area contributed by atoms with Gasteiger partial charge in [0.25, 0.3) is 0 Å². The summed E-state index contributed by atoms with van der Waals surface area (Å²) in [6, 6.07) is 6.12. The van der Waals surface area contributed by atoms with E-state index in [1.165, 1.54) is 16.6 Å². The average molecular weight is 317 g/mol. The topological polar surface area (TPSA) is 58.0 Å². The highest BCUT2D eigenvalue weighted by Gasteiger charge is 2.27. The first-order chi connectivity index (χ1) is 10.6. The first kappa shape index (κ1) is 13.8. The van der Waals surface area contributed by atoms with Crippen molar-refractivity contribution >= 4 is 22.5 Å². The standard InChI is InChI=1S/C16H17ClN4O/c1-9(16-18-10(2)20-22-16)21-6-5-15-13(8-21)12-7-11(17)3-4-14(12)19-15/h3-4,7,9,19H,5-6,8H2,1-2H3/t9-/m0/s1. The fourth-order valence-electron chi connectivity index (χ4n) is 3.18. The largest absolute Gasteiger partial charge is 0.358 e. The van der Waals surface area contributed by atoms with E-state index < -0.39 is 0 Å².